The van der Waals surface area contributed by atoms with Gasteiger partial charge >= 0.3 is 0 Å². The number of nitrogens with zero attached hydrogens (tertiary/aromatic N) is 4. The van der Waals surface area contributed by atoms with E-state index in [1.165, 1.54) is 25.7 Å². The molecule has 18 heavy (non-hydrogen) atoms. The fourth-order valence-electron chi connectivity index (χ4n) is 2.76. The molecule has 1 aliphatic carbocycles. The highest BCUT2D eigenvalue weighted by Crippen LogP contribution is 2.34. The average Bonchev–Trinajstić information content (AvgIpc) is 2.98. The van der Waals surface area contributed by atoms with Gasteiger partial charge in [-0.2, -0.15) is 0 Å². The van der Waals surface area contributed by atoms with Crippen LogP contribution in [-0.2, 0) is 0 Å². The van der Waals surface area contributed by atoms with Crippen molar-refractivity contribution in [2.24, 2.45) is 0 Å². The van der Waals surface area contributed by atoms with Gasteiger partial charge in [0.2, 0.25) is 0 Å². The summed E-state index contributed by atoms with van der Waals surface area (Å²) in [4.78, 5) is 4.02. The van der Waals surface area contributed by atoms with Crippen molar-refractivity contribution in [1.82, 2.24) is 19.7 Å². The Morgan fingerprint density at radius 1 is 1.28 bits per heavy atom. The van der Waals surface area contributed by atoms with Gasteiger partial charge in [0, 0.05) is 17.8 Å². The van der Waals surface area contributed by atoms with E-state index in [9.17, 15) is 0 Å². The van der Waals surface area contributed by atoms with Gasteiger partial charge in [-0.3, -0.25) is 4.98 Å². The van der Waals surface area contributed by atoms with E-state index in [0.29, 0.717) is 11.7 Å². The number of hydrogen-bond acceptors (Lipinski definition) is 4. The molecule has 0 saturated heterocycles. The van der Waals surface area contributed by atoms with Crippen LogP contribution >= 0.6 is 0 Å². The Morgan fingerprint density at radius 2 is 2.06 bits per heavy atom. The van der Waals surface area contributed by atoms with E-state index in [1.807, 2.05) is 13.0 Å². The molecule has 0 atom stereocenters. The summed E-state index contributed by atoms with van der Waals surface area (Å²) in [5.74, 6) is 1.84. The zero-order valence-corrected chi connectivity index (χ0v) is 10.5. The number of nitrogens with two attached hydrogens (primary N) is 1. The monoisotopic (exact) mass is 243 g/mol. The highest BCUT2D eigenvalue weighted by atomic mass is 15.3. The van der Waals surface area contributed by atoms with Gasteiger partial charge < -0.3 is 10.3 Å². The van der Waals surface area contributed by atoms with Gasteiger partial charge in [0.05, 0.1) is 11.9 Å². The Bertz CT molecular complexity index is 554. The molecule has 2 aromatic heterocycles. The second-order valence-electron chi connectivity index (χ2n) is 4.84. The molecule has 1 aliphatic rings. The van der Waals surface area contributed by atoms with Gasteiger partial charge in [-0.25, -0.2) is 0 Å². The molecule has 0 radical (unpaired) electrons. The lowest BCUT2D eigenvalue weighted by Gasteiger charge is -2.16. The number of anilines is 1. The number of aryl methyl sites for hydroxylation is 1. The lowest BCUT2D eigenvalue weighted by atomic mass is 10.2. The first-order valence-corrected chi connectivity index (χ1v) is 6.38. The molecule has 0 unspecified atom stereocenters. The molecule has 2 N–H and O–H groups in total. The zero-order chi connectivity index (χ0) is 12.5. The van der Waals surface area contributed by atoms with Gasteiger partial charge in [0.15, 0.2) is 5.82 Å². The van der Waals surface area contributed by atoms with Crippen LogP contribution in [0.1, 0.15) is 37.5 Å². The van der Waals surface area contributed by atoms with E-state index >= 15 is 0 Å². The molecule has 1 fully saturated rings. The molecule has 0 amide bonds. The van der Waals surface area contributed by atoms with Crippen molar-refractivity contribution in [3.63, 3.8) is 0 Å². The zero-order valence-electron chi connectivity index (χ0n) is 10.5. The summed E-state index contributed by atoms with van der Waals surface area (Å²) in [6, 6.07) is 2.42. The minimum absolute atomic E-state index is 0.516. The van der Waals surface area contributed by atoms with Gasteiger partial charge in [0.1, 0.15) is 5.82 Å². The van der Waals surface area contributed by atoms with Crippen LogP contribution < -0.4 is 5.73 Å². The summed E-state index contributed by atoms with van der Waals surface area (Å²) >= 11 is 0. The SMILES string of the molecule is Cc1nnc(-c2ccncc2N)n1C1CCCC1. The molecule has 5 heteroatoms. The topological polar surface area (TPSA) is 69.6 Å². The van der Waals surface area contributed by atoms with Crippen LogP contribution in [0.3, 0.4) is 0 Å². The second-order valence-corrected chi connectivity index (χ2v) is 4.84. The van der Waals surface area contributed by atoms with E-state index in [1.54, 1.807) is 12.4 Å². The smallest absolute Gasteiger partial charge is 0.166 e. The van der Waals surface area contributed by atoms with E-state index in [4.69, 9.17) is 5.73 Å². The van der Waals surface area contributed by atoms with Crippen molar-refractivity contribution in [2.75, 3.05) is 5.73 Å². The Balaban J connectivity index is 2.10. The van der Waals surface area contributed by atoms with E-state index in [0.717, 1.165) is 17.2 Å². The quantitative estimate of drug-likeness (QED) is 0.879. The van der Waals surface area contributed by atoms with Crippen LogP contribution in [0.25, 0.3) is 11.4 Å². The maximum Gasteiger partial charge on any atom is 0.166 e. The molecule has 0 aromatic carbocycles. The van der Waals surface area contributed by atoms with Gasteiger partial charge in [0.25, 0.3) is 0 Å². The number of rotatable bonds is 2. The van der Waals surface area contributed by atoms with Gasteiger partial charge in [-0.15, -0.1) is 10.2 Å². The first kappa shape index (κ1) is 11.2. The summed E-state index contributed by atoms with van der Waals surface area (Å²) in [5.41, 5.74) is 7.57. The molecule has 0 spiro atoms. The fourth-order valence-corrected chi connectivity index (χ4v) is 2.76. The summed E-state index contributed by atoms with van der Waals surface area (Å²) in [6.45, 7) is 2.01. The molecule has 2 aromatic rings. The molecule has 94 valence electrons. The summed E-state index contributed by atoms with van der Waals surface area (Å²) < 4.78 is 2.23. The number of hydrogen-bond donors (Lipinski definition) is 1. The van der Waals surface area contributed by atoms with Crippen LogP contribution in [0, 0.1) is 6.92 Å². The Labute approximate surface area is 106 Å². The molecular formula is C13H17N5. The van der Waals surface area contributed by atoms with E-state index in [2.05, 4.69) is 19.7 Å². The number of pyridine rings is 1. The Morgan fingerprint density at radius 3 is 2.78 bits per heavy atom. The predicted molar refractivity (Wildman–Crippen MR) is 69.9 cm³/mol. The number of aromatic nitrogens is 4. The van der Waals surface area contributed by atoms with E-state index in [-0.39, 0.29) is 0 Å². The highest BCUT2D eigenvalue weighted by Gasteiger charge is 2.23. The molecule has 2 heterocycles. The van der Waals surface area contributed by atoms with Crippen LogP contribution in [-0.4, -0.2) is 19.7 Å². The van der Waals surface area contributed by atoms with Crippen LogP contribution in [0.2, 0.25) is 0 Å². The van der Waals surface area contributed by atoms with Crippen LogP contribution in [0.4, 0.5) is 5.69 Å². The molecule has 0 bridgehead atoms. The highest BCUT2D eigenvalue weighted by molar-refractivity contribution is 5.70. The average molecular weight is 243 g/mol. The van der Waals surface area contributed by atoms with E-state index < -0.39 is 0 Å². The molecule has 1 saturated carbocycles. The summed E-state index contributed by atoms with van der Waals surface area (Å²) in [5, 5.41) is 8.51. The molecular weight excluding hydrogens is 226 g/mol. The standard InChI is InChI=1S/C13H17N5/c1-9-16-17-13(11-6-7-15-8-12(11)14)18(9)10-4-2-3-5-10/h6-8,10H,2-5,14H2,1H3. The maximum atomic E-state index is 5.99. The van der Waals surface area contributed by atoms with Crippen molar-refractivity contribution in [3.05, 3.63) is 24.3 Å². The Hall–Kier alpha value is -1.91. The molecule has 3 rings (SSSR count). The lowest BCUT2D eigenvalue weighted by Crippen LogP contribution is -2.09. The summed E-state index contributed by atoms with van der Waals surface area (Å²) in [6.07, 6.45) is 8.39. The predicted octanol–water partition coefficient (Wildman–Crippen LogP) is 2.35. The van der Waals surface area contributed by atoms with Crippen LogP contribution in [0.5, 0.6) is 0 Å². The molecule has 5 nitrogen and oxygen atoms in total. The minimum atomic E-state index is 0.516. The number of nitrogen functional groups attached to an aromatic ring is 1. The van der Waals surface area contributed by atoms with Crippen molar-refractivity contribution in [1.29, 1.82) is 0 Å². The second kappa shape index (κ2) is 4.40. The first-order chi connectivity index (χ1) is 8.77. The third-order valence-electron chi connectivity index (χ3n) is 3.65. The Kier molecular flexibility index (Phi) is 2.74. The largest absolute Gasteiger partial charge is 0.397 e. The fraction of sp³-hybridized carbons (Fsp3) is 0.462. The van der Waals surface area contributed by atoms with Crippen molar-refractivity contribution in [2.45, 2.75) is 38.6 Å². The van der Waals surface area contributed by atoms with Crippen LogP contribution in [0.15, 0.2) is 18.5 Å². The normalized spacial score (nSPS) is 16.3. The lowest BCUT2D eigenvalue weighted by molar-refractivity contribution is 0.510. The molecule has 0 aliphatic heterocycles. The third-order valence-corrected chi connectivity index (χ3v) is 3.65. The van der Waals surface area contributed by atoms with Gasteiger partial charge in [-0.1, -0.05) is 12.8 Å². The first-order valence-electron chi connectivity index (χ1n) is 6.38. The minimum Gasteiger partial charge on any atom is -0.397 e. The van der Waals surface area contributed by atoms with Crippen molar-refractivity contribution in [3.8, 4) is 11.4 Å². The summed E-state index contributed by atoms with van der Waals surface area (Å²) in [7, 11) is 0. The maximum absolute atomic E-state index is 5.99. The van der Waals surface area contributed by atoms with Crippen molar-refractivity contribution < 1.29 is 0 Å². The third kappa shape index (κ3) is 1.75. The van der Waals surface area contributed by atoms with Gasteiger partial charge in [-0.05, 0) is 25.8 Å². The van der Waals surface area contributed by atoms with Crippen molar-refractivity contribution >= 4 is 5.69 Å².